The van der Waals surface area contributed by atoms with E-state index in [-0.39, 0.29) is 11.9 Å². The van der Waals surface area contributed by atoms with Gasteiger partial charge in [-0.1, -0.05) is 22.0 Å². The number of benzene rings is 1. The van der Waals surface area contributed by atoms with Gasteiger partial charge in [-0.2, -0.15) is 0 Å². The Kier molecular flexibility index (Phi) is 4.44. The zero-order chi connectivity index (χ0) is 13.1. The number of aryl methyl sites for hydroxylation is 2. The highest BCUT2D eigenvalue weighted by Crippen LogP contribution is 2.23. The molecule has 0 fully saturated rings. The predicted octanol–water partition coefficient (Wildman–Crippen LogP) is 3.42. The van der Waals surface area contributed by atoms with Gasteiger partial charge < -0.3 is 4.90 Å². The molecular formula is C15H20BrNO. The molecule has 1 aliphatic carbocycles. The summed E-state index contributed by atoms with van der Waals surface area (Å²) >= 11 is 3.42. The predicted molar refractivity (Wildman–Crippen MR) is 78.4 cm³/mol. The van der Waals surface area contributed by atoms with E-state index in [9.17, 15) is 4.79 Å². The Labute approximate surface area is 117 Å². The van der Waals surface area contributed by atoms with E-state index in [2.05, 4.69) is 41.9 Å². The zero-order valence-corrected chi connectivity index (χ0v) is 12.7. The summed E-state index contributed by atoms with van der Waals surface area (Å²) in [5.74, 6) is 0.152. The van der Waals surface area contributed by atoms with Crippen LogP contribution in [-0.4, -0.2) is 28.7 Å². The Morgan fingerprint density at radius 1 is 1.33 bits per heavy atom. The SMILES string of the molecule is CC(C)N(CCBr)C(=O)c1ccc2c(c1)CCC2. The maximum absolute atomic E-state index is 12.5. The molecule has 3 heteroatoms. The number of amides is 1. The van der Waals surface area contributed by atoms with Gasteiger partial charge in [-0.05, 0) is 56.4 Å². The smallest absolute Gasteiger partial charge is 0.254 e. The van der Waals surface area contributed by atoms with Gasteiger partial charge in [-0.3, -0.25) is 4.79 Å². The highest BCUT2D eigenvalue weighted by atomic mass is 79.9. The van der Waals surface area contributed by atoms with Crippen LogP contribution in [0.25, 0.3) is 0 Å². The van der Waals surface area contributed by atoms with Crippen molar-refractivity contribution in [1.82, 2.24) is 4.90 Å². The van der Waals surface area contributed by atoms with Gasteiger partial charge in [0.05, 0.1) is 0 Å². The Morgan fingerprint density at radius 2 is 2.06 bits per heavy atom. The second kappa shape index (κ2) is 5.87. The lowest BCUT2D eigenvalue weighted by Gasteiger charge is -2.26. The Balaban J connectivity index is 2.22. The van der Waals surface area contributed by atoms with E-state index in [0.29, 0.717) is 0 Å². The minimum Gasteiger partial charge on any atom is -0.335 e. The number of rotatable bonds is 4. The molecule has 0 heterocycles. The molecule has 0 saturated heterocycles. The molecule has 0 bridgehead atoms. The lowest BCUT2D eigenvalue weighted by atomic mass is 10.1. The molecule has 2 nitrogen and oxygen atoms in total. The zero-order valence-electron chi connectivity index (χ0n) is 11.1. The van der Waals surface area contributed by atoms with Gasteiger partial charge in [0.2, 0.25) is 0 Å². The van der Waals surface area contributed by atoms with Gasteiger partial charge >= 0.3 is 0 Å². The molecule has 1 aliphatic rings. The summed E-state index contributed by atoms with van der Waals surface area (Å²) < 4.78 is 0. The molecule has 1 aromatic rings. The lowest BCUT2D eigenvalue weighted by molar-refractivity contribution is 0.0719. The van der Waals surface area contributed by atoms with E-state index in [1.165, 1.54) is 24.0 Å². The van der Waals surface area contributed by atoms with E-state index in [1.54, 1.807) is 0 Å². The summed E-state index contributed by atoms with van der Waals surface area (Å²) in [7, 11) is 0. The first kappa shape index (κ1) is 13.6. The average molecular weight is 310 g/mol. The van der Waals surface area contributed by atoms with Gasteiger partial charge in [-0.15, -0.1) is 0 Å². The first-order chi connectivity index (χ1) is 8.63. The van der Waals surface area contributed by atoms with Crippen LogP contribution in [0.3, 0.4) is 0 Å². The van der Waals surface area contributed by atoms with Crippen molar-refractivity contribution in [2.45, 2.75) is 39.2 Å². The van der Waals surface area contributed by atoms with Crippen LogP contribution in [0.4, 0.5) is 0 Å². The summed E-state index contributed by atoms with van der Waals surface area (Å²) in [6, 6.07) is 6.44. The van der Waals surface area contributed by atoms with E-state index in [1.807, 2.05) is 11.0 Å². The van der Waals surface area contributed by atoms with Gasteiger partial charge in [-0.25, -0.2) is 0 Å². The number of fused-ring (bicyclic) bond motifs is 1. The van der Waals surface area contributed by atoms with Crippen molar-refractivity contribution >= 4 is 21.8 Å². The fourth-order valence-electron chi connectivity index (χ4n) is 2.56. The van der Waals surface area contributed by atoms with E-state index >= 15 is 0 Å². The van der Waals surface area contributed by atoms with Crippen LogP contribution in [0.1, 0.15) is 41.8 Å². The number of carbonyl (C=O) groups excluding carboxylic acids is 1. The molecule has 98 valence electrons. The van der Waals surface area contributed by atoms with Crippen molar-refractivity contribution < 1.29 is 4.79 Å². The normalized spacial score (nSPS) is 13.8. The van der Waals surface area contributed by atoms with E-state index in [4.69, 9.17) is 0 Å². The molecule has 1 amide bonds. The molecular weight excluding hydrogens is 290 g/mol. The summed E-state index contributed by atoms with van der Waals surface area (Å²) in [6.45, 7) is 4.88. The Morgan fingerprint density at radius 3 is 2.72 bits per heavy atom. The van der Waals surface area contributed by atoms with Crippen LogP contribution in [-0.2, 0) is 12.8 Å². The molecule has 0 radical (unpaired) electrons. The second-order valence-electron chi connectivity index (χ2n) is 5.12. The fourth-order valence-corrected chi connectivity index (χ4v) is 2.94. The van der Waals surface area contributed by atoms with Crippen LogP contribution in [0, 0.1) is 0 Å². The first-order valence-corrected chi connectivity index (χ1v) is 7.74. The molecule has 18 heavy (non-hydrogen) atoms. The highest BCUT2D eigenvalue weighted by molar-refractivity contribution is 9.09. The van der Waals surface area contributed by atoms with Crippen molar-refractivity contribution in [2.24, 2.45) is 0 Å². The molecule has 0 unspecified atom stereocenters. The van der Waals surface area contributed by atoms with Crippen molar-refractivity contribution in [3.05, 3.63) is 34.9 Å². The van der Waals surface area contributed by atoms with Crippen LogP contribution >= 0.6 is 15.9 Å². The average Bonchev–Trinajstić information content (AvgIpc) is 2.81. The molecule has 0 aromatic heterocycles. The number of alkyl halides is 1. The van der Waals surface area contributed by atoms with Gasteiger partial charge in [0.15, 0.2) is 0 Å². The lowest BCUT2D eigenvalue weighted by Crippen LogP contribution is -2.38. The number of halogens is 1. The third-order valence-corrected chi connectivity index (χ3v) is 3.91. The quantitative estimate of drug-likeness (QED) is 0.780. The van der Waals surface area contributed by atoms with Crippen LogP contribution in [0.5, 0.6) is 0 Å². The van der Waals surface area contributed by atoms with Gasteiger partial charge in [0, 0.05) is 23.5 Å². The fraction of sp³-hybridized carbons (Fsp3) is 0.533. The molecule has 0 atom stereocenters. The molecule has 0 N–H and O–H groups in total. The minimum absolute atomic E-state index is 0.152. The standard InChI is InChI=1S/C15H20BrNO/c1-11(2)17(9-8-16)15(18)14-7-6-12-4-3-5-13(12)10-14/h6-7,10-11H,3-5,8-9H2,1-2H3. The second-order valence-corrected chi connectivity index (χ2v) is 5.91. The van der Waals surface area contributed by atoms with E-state index < -0.39 is 0 Å². The monoisotopic (exact) mass is 309 g/mol. The summed E-state index contributed by atoms with van der Waals surface area (Å²) in [6.07, 6.45) is 3.51. The third-order valence-electron chi connectivity index (χ3n) is 3.56. The van der Waals surface area contributed by atoms with Crippen LogP contribution in [0.15, 0.2) is 18.2 Å². The molecule has 0 spiro atoms. The minimum atomic E-state index is 0.152. The molecule has 0 aliphatic heterocycles. The third kappa shape index (κ3) is 2.77. The van der Waals surface area contributed by atoms with E-state index in [0.717, 1.165) is 23.9 Å². The summed E-state index contributed by atoms with van der Waals surface area (Å²) in [4.78, 5) is 14.4. The molecule has 0 saturated carbocycles. The summed E-state index contributed by atoms with van der Waals surface area (Å²) in [5, 5.41) is 0.821. The van der Waals surface area contributed by atoms with Gasteiger partial charge in [0.1, 0.15) is 0 Å². The van der Waals surface area contributed by atoms with Crippen molar-refractivity contribution in [3.63, 3.8) is 0 Å². The van der Waals surface area contributed by atoms with Crippen LogP contribution in [0.2, 0.25) is 0 Å². The summed E-state index contributed by atoms with van der Waals surface area (Å²) in [5.41, 5.74) is 3.62. The number of hydrogen-bond donors (Lipinski definition) is 0. The number of hydrogen-bond acceptors (Lipinski definition) is 1. The first-order valence-electron chi connectivity index (χ1n) is 6.62. The highest BCUT2D eigenvalue weighted by Gasteiger charge is 2.20. The van der Waals surface area contributed by atoms with Crippen molar-refractivity contribution in [1.29, 1.82) is 0 Å². The largest absolute Gasteiger partial charge is 0.335 e. The van der Waals surface area contributed by atoms with Crippen LogP contribution < -0.4 is 0 Å². The Hall–Kier alpha value is -0.830. The van der Waals surface area contributed by atoms with Crippen molar-refractivity contribution in [2.75, 3.05) is 11.9 Å². The molecule has 1 aromatic carbocycles. The maximum Gasteiger partial charge on any atom is 0.254 e. The Bertz CT molecular complexity index is 442. The number of nitrogens with zero attached hydrogens (tertiary/aromatic N) is 1. The molecule has 2 rings (SSSR count). The maximum atomic E-state index is 12.5. The topological polar surface area (TPSA) is 20.3 Å². The van der Waals surface area contributed by atoms with Gasteiger partial charge in [0.25, 0.3) is 5.91 Å². The number of carbonyl (C=O) groups is 1. The van der Waals surface area contributed by atoms with Crippen molar-refractivity contribution in [3.8, 4) is 0 Å².